The molecule has 1 unspecified atom stereocenters. The molecule has 4 rings (SSSR count). The van der Waals surface area contributed by atoms with E-state index >= 15 is 0 Å². The Hall–Kier alpha value is -2.60. The number of hydrogen-bond donors (Lipinski definition) is 0. The minimum Gasteiger partial charge on any atom is -0.454 e. The van der Waals surface area contributed by atoms with Gasteiger partial charge in [-0.1, -0.05) is 18.2 Å². The van der Waals surface area contributed by atoms with E-state index in [1.165, 1.54) is 6.07 Å². The zero-order valence-electron chi connectivity index (χ0n) is 16.1. The number of carbonyl (C=O) groups excluding carboxylic acids is 1. The van der Waals surface area contributed by atoms with E-state index in [9.17, 15) is 9.18 Å². The summed E-state index contributed by atoms with van der Waals surface area (Å²) in [4.78, 5) is 17.0. The SMILES string of the molecule is CN(Cc1ccc2c(c1)OCO2)C(=O)C1CCCN(Cc2cccc(F)c2)C1. The van der Waals surface area contributed by atoms with Crippen LogP contribution in [0.5, 0.6) is 11.5 Å². The van der Waals surface area contributed by atoms with Crippen molar-refractivity contribution in [2.45, 2.75) is 25.9 Å². The first-order valence-electron chi connectivity index (χ1n) is 9.69. The number of nitrogens with zero attached hydrogens (tertiary/aromatic N) is 2. The van der Waals surface area contributed by atoms with E-state index in [-0.39, 0.29) is 24.4 Å². The molecule has 0 saturated carbocycles. The van der Waals surface area contributed by atoms with Gasteiger partial charge in [0.15, 0.2) is 11.5 Å². The van der Waals surface area contributed by atoms with Crippen molar-refractivity contribution >= 4 is 5.91 Å². The second kappa shape index (κ2) is 8.19. The van der Waals surface area contributed by atoms with Crippen LogP contribution in [0.1, 0.15) is 24.0 Å². The fraction of sp³-hybridized carbons (Fsp3) is 0.409. The number of ether oxygens (including phenoxy) is 2. The zero-order valence-corrected chi connectivity index (χ0v) is 16.1. The van der Waals surface area contributed by atoms with Gasteiger partial charge in [-0.05, 0) is 54.8 Å². The Labute approximate surface area is 164 Å². The Kier molecular flexibility index (Phi) is 5.48. The number of carbonyl (C=O) groups is 1. The summed E-state index contributed by atoms with van der Waals surface area (Å²) >= 11 is 0. The molecule has 1 saturated heterocycles. The molecule has 0 spiro atoms. The van der Waals surface area contributed by atoms with Crippen molar-refractivity contribution in [3.05, 3.63) is 59.4 Å². The third kappa shape index (κ3) is 4.28. The molecule has 2 heterocycles. The van der Waals surface area contributed by atoms with Gasteiger partial charge in [-0.15, -0.1) is 0 Å². The summed E-state index contributed by atoms with van der Waals surface area (Å²) < 4.78 is 24.2. The van der Waals surface area contributed by atoms with E-state index < -0.39 is 0 Å². The maximum Gasteiger partial charge on any atom is 0.231 e. The lowest BCUT2D eigenvalue weighted by atomic mass is 9.96. The Bertz CT molecular complexity index is 857. The van der Waals surface area contributed by atoms with Gasteiger partial charge in [0, 0.05) is 26.7 Å². The van der Waals surface area contributed by atoms with E-state index in [4.69, 9.17) is 9.47 Å². The van der Waals surface area contributed by atoms with Gasteiger partial charge in [0.05, 0.1) is 5.92 Å². The first kappa shape index (κ1) is 18.7. The highest BCUT2D eigenvalue weighted by atomic mass is 19.1. The van der Waals surface area contributed by atoms with Crippen molar-refractivity contribution in [3.8, 4) is 11.5 Å². The number of amides is 1. The normalized spacial score (nSPS) is 18.9. The van der Waals surface area contributed by atoms with Gasteiger partial charge in [0.2, 0.25) is 12.7 Å². The first-order chi connectivity index (χ1) is 13.6. The number of fused-ring (bicyclic) bond motifs is 1. The van der Waals surface area contributed by atoms with Gasteiger partial charge in [-0.3, -0.25) is 9.69 Å². The molecule has 0 aliphatic carbocycles. The second-order valence-electron chi connectivity index (χ2n) is 7.59. The second-order valence-corrected chi connectivity index (χ2v) is 7.59. The maximum atomic E-state index is 13.4. The Morgan fingerprint density at radius 2 is 2.04 bits per heavy atom. The molecule has 0 bridgehead atoms. The van der Waals surface area contributed by atoms with Crippen LogP contribution in [0.2, 0.25) is 0 Å². The van der Waals surface area contributed by atoms with E-state index in [1.807, 2.05) is 31.3 Å². The van der Waals surface area contributed by atoms with Crippen LogP contribution in [0.3, 0.4) is 0 Å². The molecule has 2 aromatic rings. The van der Waals surface area contributed by atoms with Crippen molar-refractivity contribution in [2.75, 3.05) is 26.9 Å². The molecule has 0 N–H and O–H groups in total. The molecular weight excluding hydrogens is 359 g/mol. The molecule has 2 aliphatic rings. The monoisotopic (exact) mass is 384 g/mol. The van der Waals surface area contributed by atoms with Crippen molar-refractivity contribution in [1.29, 1.82) is 0 Å². The van der Waals surface area contributed by atoms with E-state index in [0.717, 1.165) is 42.0 Å². The minimum absolute atomic E-state index is 0.0266. The standard InChI is InChI=1S/C22H25FN2O3/c1-24(12-17-7-8-20-21(11-17)28-15-27-20)22(26)18-5-3-9-25(14-18)13-16-4-2-6-19(23)10-16/h2,4,6-8,10-11,18H,3,5,9,12-15H2,1H3. The summed E-state index contributed by atoms with van der Waals surface area (Å²) in [6.45, 7) is 3.10. The lowest BCUT2D eigenvalue weighted by Crippen LogP contribution is -2.43. The number of piperidine rings is 1. The smallest absolute Gasteiger partial charge is 0.231 e. The number of likely N-dealkylation sites (tertiary alicyclic amines) is 1. The maximum absolute atomic E-state index is 13.4. The van der Waals surface area contributed by atoms with Gasteiger partial charge in [0.1, 0.15) is 5.82 Å². The highest BCUT2D eigenvalue weighted by molar-refractivity contribution is 5.79. The van der Waals surface area contributed by atoms with Crippen molar-refractivity contribution < 1.29 is 18.7 Å². The average Bonchev–Trinajstić information content (AvgIpc) is 3.15. The van der Waals surface area contributed by atoms with Crippen LogP contribution < -0.4 is 9.47 Å². The third-order valence-corrected chi connectivity index (χ3v) is 5.38. The van der Waals surface area contributed by atoms with Gasteiger partial charge < -0.3 is 14.4 Å². The fourth-order valence-corrected chi connectivity index (χ4v) is 4.00. The topological polar surface area (TPSA) is 42.0 Å². The zero-order chi connectivity index (χ0) is 19.5. The lowest BCUT2D eigenvalue weighted by Gasteiger charge is -2.34. The molecule has 0 aromatic heterocycles. The fourth-order valence-electron chi connectivity index (χ4n) is 4.00. The van der Waals surface area contributed by atoms with Gasteiger partial charge >= 0.3 is 0 Å². The average molecular weight is 384 g/mol. The molecule has 28 heavy (non-hydrogen) atoms. The number of hydrogen-bond acceptors (Lipinski definition) is 4. The predicted molar refractivity (Wildman–Crippen MR) is 103 cm³/mol. The van der Waals surface area contributed by atoms with Gasteiger partial charge in [-0.25, -0.2) is 4.39 Å². The summed E-state index contributed by atoms with van der Waals surface area (Å²) in [5.74, 6) is 1.39. The largest absolute Gasteiger partial charge is 0.454 e. The third-order valence-electron chi connectivity index (χ3n) is 5.38. The van der Waals surface area contributed by atoms with Crippen LogP contribution in [0.15, 0.2) is 42.5 Å². The molecule has 148 valence electrons. The van der Waals surface area contributed by atoms with Crippen molar-refractivity contribution in [3.63, 3.8) is 0 Å². The molecule has 1 amide bonds. The molecule has 5 nitrogen and oxygen atoms in total. The Morgan fingerprint density at radius 3 is 2.89 bits per heavy atom. The molecule has 2 aliphatic heterocycles. The van der Waals surface area contributed by atoms with Crippen LogP contribution in [0, 0.1) is 11.7 Å². The van der Waals surface area contributed by atoms with Crippen molar-refractivity contribution in [2.24, 2.45) is 5.92 Å². The molecule has 1 fully saturated rings. The van der Waals surface area contributed by atoms with Crippen LogP contribution in [0.4, 0.5) is 4.39 Å². The summed E-state index contributed by atoms with van der Waals surface area (Å²) in [5, 5.41) is 0. The summed E-state index contributed by atoms with van der Waals surface area (Å²) in [5.41, 5.74) is 1.97. The van der Waals surface area contributed by atoms with Crippen LogP contribution in [-0.2, 0) is 17.9 Å². The van der Waals surface area contributed by atoms with Gasteiger partial charge in [0.25, 0.3) is 0 Å². The minimum atomic E-state index is -0.217. The highest BCUT2D eigenvalue weighted by Gasteiger charge is 2.28. The molecule has 0 radical (unpaired) electrons. The van der Waals surface area contributed by atoms with E-state index in [1.54, 1.807) is 17.0 Å². The Morgan fingerprint density at radius 1 is 1.18 bits per heavy atom. The molecular formula is C22H25FN2O3. The number of halogens is 1. The van der Waals surface area contributed by atoms with Crippen LogP contribution in [-0.4, -0.2) is 42.6 Å². The number of rotatable bonds is 5. The van der Waals surface area contributed by atoms with Crippen LogP contribution in [0.25, 0.3) is 0 Å². The summed E-state index contributed by atoms with van der Waals surface area (Å²) in [6.07, 6.45) is 1.87. The van der Waals surface area contributed by atoms with E-state index in [0.29, 0.717) is 19.6 Å². The van der Waals surface area contributed by atoms with E-state index in [2.05, 4.69) is 4.90 Å². The highest BCUT2D eigenvalue weighted by Crippen LogP contribution is 2.33. The molecule has 6 heteroatoms. The number of benzene rings is 2. The van der Waals surface area contributed by atoms with Crippen molar-refractivity contribution in [1.82, 2.24) is 9.80 Å². The van der Waals surface area contributed by atoms with Gasteiger partial charge in [-0.2, -0.15) is 0 Å². The molecule has 1 atom stereocenters. The quantitative estimate of drug-likeness (QED) is 0.792. The van der Waals surface area contributed by atoms with Crippen LogP contribution >= 0.6 is 0 Å². The Balaban J connectivity index is 1.35. The molecule has 2 aromatic carbocycles. The lowest BCUT2D eigenvalue weighted by molar-refractivity contribution is -0.136. The summed E-state index contributed by atoms with van der Waals surface area (Å²) in [7, 11) is 1.85. The predicted octanol–water partition coefficient (Wildman–Crippen LogP) is 3.43. The first-order valence-corrected chi connectivity index (χ1v) is 9.69. The summed E-state index contributed by atoms with van der Waals surface area (Å²) in [6, 6.07) is 12.5.